The predicted molar refractivity (Wildman–Crippen MR) is 72.3 cm³/mol. The lowest BCUT2D eigenvalue weighted by Crippen LogP contribution is -2.06. The third kappa shape index (κ3) is 4.88. The van der Waals surface area contributed by atoms with Crippen LogP contribution in [0.2, 0.25) is 0 Å². The minimum atomic E-state index is 0.231. The van der Waals surface area contributed by atoms with Crippen LogP contribution in [0.1, 0.15) is 24.8 Å². The maximum Gasteiger partial charge on any atom is 0.137 e. The van der Waals surface area contributed by atoms with Crippen molar-refractivity contribution in [1.29, 1.82) is 0 Å². The molecule has 0 aliphatic carbocycles. The van der Waals surface area contributed by atoms with E-state index in [2.05, 4.69) is 15.9 Å². The molecule has 1 aromatic carbocycles. The second-order valence-corrected chi connectivity index (χ2v) is 4.83. The molecule has 0 aliphatic heterocycles. The van der Waals surface area contributed by atoms with Crippen molar-refractivity contribution in [2.24, 2.45) is 5.73 Å². The zero-order valence-electron chi connectivity index (χ0n) is 10.0. The van der Waals surface area contributed by atoms with E-state index in [0.29, 0.717) is 19.4 Å². The number of ether oxygens (including phenoxy) is 1. The molecule has 0 amide bonds. The lowest BCUT2D eigenvalue weighted by atomic mass is 10.0. The summed E-state index contributed by atoms with van der Waals surface area (Å²) in [7, 11) is 1.62. The van der Waals surface area contributed by atoms with Gasteiger partial charge in [-0.15, -0.1) is 0 Å². The van der Waals surface area contributed by atoms with Crippen LogP contribution in [0.5, 0.6) is 5.75 Å². The van der Waals surface area contributed by atoms with Crippen molar-refractivity contribution in [3.63, 3.8) is 0 Å². The zero-order valence-corrected chi connectivity index (χ0v) is 11.6. The summed E-state index contributed by atoms with van der Waals surface area (Å²) in [6.07, 6.45) is 2.78. The van der Waals surface area contributed by atoms with Crippen molar-refractivity contribution >= 4 is 21.7 Å². The fraction of sp³-hybridized carbons (Fsp3) is 0.462. The summed E-state index contributed by atoms with van der Waals surface area (Å²) in [4.78, 5) is 11.8. The van der Waals surface area contributed by atoms with Gasteiger partial charge in [-0.3, -0.25) is 4.79 Å². The van der Waals surface area contributed by atoms with Gasteiger partial charge >= 0.3 is 0 Å². The number of nitrogens with two attached hydrogens (primary N) is 1. The van der Waals surface area contributed by atoms with Gasteiger partial charge in [-0.05, 0) is 37.6 Å². The van der Waals surface area contributed by atoms with E-state index < -0.39 is 0 Å². The lowest BCUT2D eigenvalue weighted by molar-refractivity contribution is -0.118. The third-order valence-corrected chi connectivity index (χ3v) is 3.03. The molecule has 0 bridgehead atoms. The number of methoxy groups -OCH3 is 1. The number of carbonyl (C=O) groups excluding carboxylic acids is 1. The van der Waals surface area contributed by atoms with E-state index in [9.17, 15) is 4.79 Å². The highest BCUT2D eigenvalue weighted by molar-refractivity contribution is 9.10. The molecule has 0 radical (unpaired) electrons. The van der Waals surface area contributed by atoms with Crippen molar-refractivity contribution in [2.75, 3.05) is 13.7 Å². The van der Waals surface area contributed by atoms with Crippen molar-refractivity contribution in [1.82, 2.24) is 0 Å². The average molecular weight is 300 g/mol. The van der Waals surface area contributed by atoms with Gasteiger partial charge in [0, 0.05) is 22.9 Å². The van der Waals surface area contributed by atoms with Crippen molar-refractivity contribution < 1.29 is 9.53 Å². The Morgan fingerprint density at radius 2 is 2.18 bits per heavy atom. The van der Waals surface area contributed by atoms with Crippen LogP contribution in [0, 0.1) is 0 Å². The third-order valence-electron chi connectivity index (χ3n) is 2.54. The fourth-order valence-corrected chi connectivity index (χ4v) is 2.06. The molecule has 1 rings (SSSR count). The maximum absolute atomic E-state index is 11.8. The molecule has 0 saturated carbocycles. The molecule has 0 aliphatic rings. The van der Waals surface area contributed by atoms with Gasteiger partial charge in [-0.25, -0.2) is 0 Å². The van der Waals surface area contributed by atoms with Gasteiger partial charge in [0.1, 0.15) is 11.5 Å². The lowest BCUT2D eigenvalue weighted by Gasteiger charge is -2.08. The van der Waals surface area contributed by atoms with E-state index in [0.717, 1.165) is 28.6 Å². The topological polar surface area (TPSA) is 52.3 Å². The van der Waals surface area contributed by atoms with Crippen LogP contribution in [0.4, 0.5) is 0 Å². The number of unbranched alkanes of at least 4 members (excludes halogenated alkanes) is 1. The molecular weight excluding hydrogens is 282 g/mol. The Hall–Kier alpha value is -0.870. The van der Waals surface area contributed by atoms with Crippen molar-refractivity contribution in [2.45, 2.75) is 25.7 Å². The summed E-state index contributed by atoms with van der Waals surface area (Å²) in [5.41, 5.74) is 6.33. The normalized spacial score (nSPS) is 10.3. The summed E-state index contributed by atoms with van der Waals surface area (Å²) < 4.78 is 6.19. The molecular formula is C13H18BrNO2. The maximum atomic E-state index is 11.8. The summed E-state index contributed by atoms with van der Waals surface area (Å²) in [6, 6.07) is 5.70. The van der Waals surface area contributed by atoms with Crippen LogP contribution in [0.15, 0.2) is 22.7 Å². The molecule has 0 atom stereocenters. The van der Waals surface area contributed by atoms with Gasteiger partial charge in [0.15, 0.2) is 0 Å². The predicted octanol–water partition coefficient (Wildman–Crippen LogP) is 2.70. The first kappa shape index (κ1) is 14.2. The molecule has 0 spiro atoms. The first-order valence-electron chi connectivity index (χ1n) is 5.71. The number of hydrogen-bond acceptors (Lipinski definition) is 3. The van der Waals surface area contributed by atoms with Gasteiger partial charge in [0.05, 0.1) is 7.11 Å². The molecule has 2 N–H and O–H groups in total. The van der Waals surface area contributed by atoms with E-state index in [1.54, 1.807) is 7.11 Å². The minimum Gasteiger partial charge on any atom is -0.496 e. The Morgan fingerprint density at radius 1 is 1.41 bits per heavy atom. The Kier molecular flexibility index (Phi) is 6.22. The molecule has 4 heteroatoms. The van der Waals surface area contributed by atoms with Gasteiger partial charge in [-0.2, -0.15) is 0 Å². The average Bonchev–Trinajstić information content (AvgIpc) is 2.29. The second-order valence-electron chi connectivity index (χ2n) is 3.92. The summed E-state index contributed by atoms with van der Waals surface area (Å²) in [5, 5.41) is 0. The SMILES string of the molecule is COc1ccc(Br)cc1CC(=O)CCCCN. The number of ketones is 1. The first-order valence-corrected chi connectivity index (χ1v) is 6.51. The number of carbonyl (C=O) groups is 1. The standard InChI is InChI=1S/C13H18BrNO2/c1-17-13-6-5-11(14)8-10(13)9-12(16)4-2-3-7-15/h5-6,8H,2-4,7,9,15H2,1H3. The highest BCUT2D eigenvalue weighted by Gasteiger charge is 2.09. The molecule has 94 valence electrons. The van der Waals surface area contributed by atoms with Gasteiger partial charge in [0.2, 0.25) is 0 Å². The van der Waals surface area contributed by atoms with Crippen LogP contribution in [-0.2, 0) is 11.2 Å². The van der Waals surface area contributed by atoms with Crippen LogP contribution in [0.3, 0.4) is 0 Å². The number of halogens is 1. The van der Waals surface area contributed by atoms with Crippen LogP contribution in [-0.4, -0.2) is 19.4 Å². The number of rotatable bonds is 7. The fourth-order valence-electron chi connectivity index (χ4n) is 1.65. The minimum absolute atomic E-state index is 0.231. The van der Waals surface area contributed by atoms with E-state index in [4.69, 9.17) is 10.5 Å². The Balaban J connectivity index is 2.60. The molecule has 0 heterocycles. The van der Waals surface area contributed by atoms with Crippen molar-refractivity contribution in [3.8, 4) is 5.75 Å². The summed E-state index contributed by atoms with van der Waals surface area (Å²) >= 11 is 3.40. The van der Waals surface area contributed by atoms with E-state index in [1.807, 2.05) is 18.2 Å². The van der Waals surface area contributed by atoms with E-state index >= 15 is 0 Å². The van der Waals surface area contributed by atoms with Crippen LogP contribution >= 0.6 is 15.9 Å². The van der Waals surface area contributed by atoms with Crippen LogP contribution in [0.25, 0.3) is 0 Å². The molecule has 0 saturated heterocycles. The second kappa shape index (κ2) is 7.45. The number of hydrogen-bond donors (Lipinski definition) is 1. The first-order chi connectivity index (χ1) is 8.17. The molecule has 0 unspecified atom stereocenters. The monoisotopic (exact) mass is 299 g/mol. The smallest absolute Gasteiger partial charge is 0.137 e. The Labute approximate surface area is 110 Å². The molecule has 0 aromatic heterocycles. The molecule has 17 heavy (non-hydrogen) atoms. The van der Waals surface area contributed by atoms with Gasteiger partial charge < -0.3 is 10.5 Å². The number of Topliss-reactive ketones (excluding diaryl/α,β-unsaturated/α-hetero) is 1. The van der Waals surface area contributed by atoms with E-state index in [1.165, 1.54) is 0 Å². The summed E-state index contributed by atoms with van der Waals surface area (Å²) in [6.45, 7) is 0.646. The Bertz CT molecular complexity index is 380. The Morgan fingerprint density at radius 3 is 2.82 bits per heavy atom. The largest absolute Gasteiger partial charge is 0.496 e. The quantitative estimate of drug-likeness (QED) is 0.788. The van der Waals surface area contributed by atoms with Gasteiger partial charge in [0.25, 0.3) is 0 Å². The highest BCUT2D eigenvalue weighted by atomic mass is 79.9. The summed E-state index contributed by atoms with van der Waals surface area (Å²) in [5.74, 6) is 0.996. The van der Waals surface area contributed by atoms with Crippen molar-refractivity contribution in [3.05, 3.63) is 28.2 Å². The van der Waals surface area contributed by atoms with Crippen LogP contribution < -0.4 is 10.5 Å². The number of benzene rings is 1. The molecule has 3 nitrogen and oxygen atoms in total. The molecule has 0 fully saturated rings. The van der Waals surface area contributed by atoms with E-state index in [-0.39, 0.29) is 5.78 Å². The highest BCUT2D eigenvalue weighted by Crippen LogP contribution is 2.23. The van der Waals surface area contributed by atoms with Gasteiger partial charge in [-0.1, -0.05) is 15.9 Å². The zero-order chi connectivity index (χ0) is 12.7. The molecule has 1 aromatic rings.